The van der Waals surface area contributed by atoms with Gasteiger partial charge in [0.05, 0.1) is 17.6 Å². The molecule has 0 unspecified atom stereocenters. The Morgan fingerprint density at radius 2 is 1.54 bits per heavy atom. The van der Waals surface area contributed by atoms with Crippen LogP contribution in [0, 0.1) is 0 Å². The molecule has 1 N–H and O–H groups in total. The third kappa shape index (κ3) is 5.31. The van der Waals surface area contributed by atoms with Crippen molar-refractivity contribution in [2.75, 3.05) is 12.4 Å². The van der Waals surface area contributed by atoms with Crippen molar-refractivity contribution in [3.05, 3.63) is 95.0 Å². The molecule has 3 aromatic carbocycles. The van der Waals surface area contributed by atoms with Gasteiger partial charge in [0, 0.05) is 10.7 Å². The van der Waals surface area contributed by atoms with Crippen LogP contribution in [0.25, 0.3) is 0 Å². The zero-order valence-electron chi connectivity index (χ0n) is 15.8. The summed E-state index contributed by atoms with van der Waals surface area (Å²) in [4.78, 5) is 12.7. The van der Waals surface area contributed by atoms with Gasteiger partial charge in [-0.05, 0) is 54.4 Å². The van der Waals surface area contributed by atoms with Gasteiger partial charge >= 0.3 is 0 Å². The van der Waals surface area contributed by atoms with Crippen molar-refractivity contribution in [2.45, 2.75) is 17.4 Å². The molecule has 0 heterocycles. The predicted molar refractivity (Wildman–Crippen MR) is 118 cm³/mol. The van der Waals surface area contributed by atoms with Crippen LogP contribution in [0.5, 0.6) is 5.75 Å². The molecule has 0 saturated carbocycles. The van der Waals surface area contributed by atoms with Gasteiger partial charge in [-0.2, -0.15) is 0 Å². The maximum atomic E-state index is 12.7. The minimum absolute atomic E-state index is 0.0370. The van der Waals surface area contributed by atoms with E-state index in [2.05, 4.69) is 17.4 Å². The van der Waals surface area contributed by atoms with Crippen molar-refractivity contribution < 1.29 is 9.53 Å². The second-order valence-corrected chi connectivity index (χ2v) is 8.23. The number of halogens is 1. The highest BCUT2D eigenvalue weighted by molar-refractivity contribution is 8.01. The van der Waals surface area contributed by atoms with Crippen molar-refractivity contribution in [3.8, 4) is 5.75 Å². The first-order chi connectivity index (χ1) is 13.6. The number of amides is 1. The average molecular weight is 412 g/mol. The van der Waals surface area contributed by atoms with Gasteiger partial charge in [0.1, 0.15) is 5.75 Å². The molecule has 5 heteroatoms. The fourth-order valence-corrected chi connectivity index (χ4v) is 4.14. The van der Waals surface area contributed by atoms with Gasteiger partial charge in [-0.1, -0.05) is 54.1 Å². The lowest BCUT2D eigenvalue weighted by Crippen LogP contribution is -2.23. The monoisotopic (exact) mass is 411 g/mol. The number of rotatable bonds is 7. The van der Waals surface area contributed by atoms with Gasteiger partial charge in [0.25, 0.3) is 0 Å². The summed E-state index contributed by atoms with van der Waals surface area (Å²) < 4.78 is 5.15. The highest BCUT2D eigenvalue weighted by atomic mass is 35.5. The second kappa shape index (κ2) is 9.67. The Kier molecular flexibility index (Phi) is 7.01. The number of carbonyl (C=O) groups excluding carboxylic acids is 1. The normalized spacial score (nSPS) is 12.8. The Morgan fingerprint density at radius 3 is 2.14 bits per heavy atom. The smallest absolute Gasteiger partial charge is 0.237 e. The SMILES string of the molecule is COc1ccc(NC(=O)[C@@H](C)S[C@@H](c2ccccc2)c2ccc(Cl)cc2)cc1. The number of carbonyl (C=O) groups is 1. The van der Waals surface area contributed by atoms with E-state index in [0.717, 1.165) is 22.6 Å². The number of thioether (sulfide) groups is 1. The summed E-state index contributed by atoms with van der Waals surface area (Å²) in [6, 6.07) is 25.3. The Hall–Kier alpha value is -2.43. The molecule has 0 fully saturated rings. The third-order valence-electron chi connectivity index (χ3n) is 4.34. The van der Waals surface area contributed by atoms with Crippen LogP contribution in [-0.4, -0.2) is 18.3 Å². The van der Waals surface area contributed by atoms with E-state index in [1.54, 1.807) is 18.9 Å². The zero-order chi connectivity index (χ0) is 19.9. The first-order valence-electron chi connectivity index (χ1n) is 8.97. The highest BCUT2D eigenvalue weighted by Crippen LogP contribution is 2.38. The van der Waals surface area contributed by atoms with Gasteiger partial charge in [-0.3, -0.25) is 4.79 Å². The summed E-state index contributed by atoms with van der Waals surface area (Å²) in [6.45, 7) is 1.93. The molecule has 0 radical (unpaired) electrons. The summed E-state index contributed by atoms with van der Waals surface area (Å²) in [5, 5.41) is 3.46. The lowest BCUT2D eigenvalue weighted by molar-refractivity contribution is -0.115. The largest absolute Gasteiger partial charge is 0.497 e. The molecule has 0 saturated heterocycles. The molecular weight excluding hydrogens is 390 g/mol. The standard InChI is InChI=1S/C23H22ClNO2S/c1-16(23(26)25-20-12-14-21(27-2)15-13-20)28-22(17-6-4-3-5-7-17)18-8-10-19(24)11-9-18/h3-16,22H,1-2H3,(H,25,26)/t16-,22+/m1/s1. The highest BCUT2D eigenvalue weighted by Gasteiger charge is 2.22. The van der Waals surface area contributed by atoms with Crippen LogP contribution < -0.4 is 10.1 Å². The number of benzene rings is 3. The van der Waals surface area contributed by atoms with Crippen molar-refractivity contribution >= 4 is 35.0 Å². The summed E-state index contributed by atoms with van der Waals surface area (Å²) in [5.74, 6) is 0.720. The van der Waals surface area contributed by atoms with Gasteiger partial charge in [0.2, 0.25) is 5.91 Å². The Bertz CT molecular complexity index is 898. The number of hydrogen-bond donors (Lipinski definition) is 1. The van der Waals surface area contributed by atoms with Crippen molar-refractivity contribution in [1.29, 1.82) is 0 Å². The van der Waals surface area contributed by atoms with Crippen LogP contribution in [-0.2, 0) is 4.79 Å². The number of nitrogens with one attached hydrogen (secondary N) is 1. The fraction of sp³-hybridized carbons (Fsp3) is 0.174. The van der Waals surface area contributed by atoms with Gasteiger partial charge in [0.15, 0.2) is 0 Å². The minimum Gasteiger partial charge on any atom is -0.497 e. The van der Waals surface area contributed by atoms with Crippen molar-refractivity contribution in [2.24, 2.45) is 0 Å². The van der Waals surface area contributed by atoms with Crippen LogP contribution in [0.3, 0.4) is 0 Å². The average Bonchev–Trinajstić information content (AvgIpc) is 2.73. The molecule has 3 nitrogen and oxygen atoms in total. The van der Waals surface area contributed by atoms with E-state index < -0.39 is 0 Å². The number of anilines is 1. The van der Waals surface area contributed by atoms with E-state index in [1.165, 1.54) is 0 Å². The molecule has 0 aliphatic carbocycles. The first kappa shape index (κ1) is 20.3. The molecule has 0 aromatic heterocycles. The lowest BCUT2D eigenvalue weighted by atomic mass is 10.0. The van der Waals surface area contributed by atoms with E-state index in [4.69, 9.17) is 16.3 Å². The van der Waals surface area contributed by atoms with Gasteiger partial charge in [-0.25, -0.2) is 0 Å². The summed E-state index contributed by atoms with van der Waals surface area (Å²) in [6.07, 6.45) is 0. The van der Waals surface area contributed by atoms with E-state index in [9.17, 15) is 4.79 Å². The van der Waals surface area contributed by atoms with Crippen LogP contribution >= 0.6 is 23.4 Å². The summed E-state index contributed by atoms with van der Waals surface area (Å²) >= 11 is 7.66. The lowest BCUT2D eigenvalue weighted by Gasteiger charge is -2.22. The maximum Gasteiger partial charge on any atom is 0.237 e. The zero-order valence-corrected chi connectivity index (χ0v) is 17.3. The Labute approximate surface area is 175 Å². The second-order valence-electron chi connectivity index (χ2n) is 6.34. The molecule has 0 aliphatic rings. The van der Waals surface area contributed by atoms with E-state index >= 15 is 0 Å². The third-order valence-corrected chi connectivity index (χ3v) is 6.03. The fourth-order valence-electron chi connectivity index (χ4n) is 2.80. The predicted octanol–water partition coefficient (Wildman–Crippen LogP) is 6.20. The van der Waals surface area contributed by atoms with Gasteiger partial charge < -0.3 is 10.1 Å². The molecule has 0 aliphatic heterocycles. The molecule has 0 bridgehead atoms. The molecule has 3 aromatic rings. The quantitative estimate of drug-likeness (QED) is 0.503. The molecule has 0 spiro atoms. The topological polar surface area (TPSA) is 38.3 Å². The molecular formula is C23H22ClNO2S. The number of hydrogen-bond acceptors (Lipinski definition) is 3. The number of ether oxygens (including phenoxy) is 1. The molecule has 3 rings (SSSR count). The van der Waals surface area contributed by atoms with E-state index in [1.807, 2.05) is 73.7 Å². The molecule has 1 amide bonds. The van der Waals surface area contributed by atoms with Crippen LogP contribution in [0.1, 0.15) is 23.3 Å². The number of methoxy groups -OCH3 is 1. The Morgan fingerprint density at radius 1 is 0.929 bits per heavy atom. The Balaban J connectivity index is 1.75. The van der Waals surface area contributed by atoms with E-state index in [-0.39, 0.29) is 16.4 Å². The molecule has 2 atom stereocenters. The minimum atomic E-state index is -0.247. The van der Waals surface area contributed by atoms with Crippen molar-refractivity contribution in [3.63, 3.8) is 0 Å². The first-order valence-corrected chi connectivity index (χ1v) is 10.3. The molecule has 28 heavy (non-hydrogen) atoms. The van der Waals surface area contributed by atoms with Crippen LogP contribution in [0.15, 0.2) is 78.9 Å². The summed E-state index contributed by atoms with van der Waals surface area (Å²) in [7, 11) is 1.62. The molecule has 144 valence electrons. The van der Waals surface area contributed by atoms with Gasteiger partial charge in [-0.15, -0.1) is 11.8 Å². The maximum absolute atomic E-state index is 12.7. The van der Waals surface area contributed by atoms with Crippen molar-refractivity contribution in [1.82, 2.24) is 0 Å². The van der Waals surface area contributed by atoms with Crippen LogP contribution in [0.4, 0.5) is 5.69 Å². The van der Waals surface area contributed by atoms with E-state index in [0.29, 0.717) is 5.02 Å². The summed E-state index contributed by atoms with van der Waals surface area (Å²) in [5.41, 5.74) is 3.02. The van der Waals surface area contributed by atoms with Crippen LogP contribution in [0.2, 0.25) is 5.02 Å².